The number of methoxy groups -OCH3 is 1. The summed E-state index contributed by atoms with van der Waals surface area (Å²) in [6.45, 7) is 2.10. The number of halogens is 1. The molecular formula is C11H13ClO3. The minimum atomic E-state index is -0.679. The molecule has 0 aliphatic heterocycles. The highest BCUT2D eigenvalue weighted by molar-refractivity contribution is 6.30. The average Bonchev–Trinajstić information content (AvgIpc) is 2.22. The van der Waals surface area contributed by atoms with Gasteiger partial charge in [0.1, 0.15) is 0 Å². The molecule has 1 aromatic rings. The van der Waals surface area contributed by atoms with Gasteiger partial charge >= 0.3 is 5.97 Å². The van der Waals surface area contributed by atoms with Crippen LogP contribution in [0.2, 0.25) is 5.02 Å². The SMILES string of the molecule is CCOC(=O)C(OC)c1ccc(Cl)cc1. The van der Waals surface area contributed by atoms with Crippen LogP contribution in [0.25, 0.3) is 0 Å². The van der Waals surface area contributed by atoms with Gasteiger partial charge in [-0.1, -0.05) is 23.7 Å². The van der Waals surface area contributed by atoms with Gasteiger partial charge in [-0.3, -0.25) is 0 Å². The van der Waals surface area contributed by atoms with E-state index in [0.29, 0.717) is 11.6 Å². The number of hydrogen-bond donors (Lipinski definition) is 0. The average molecular weight is 229 g/mol. The predicted octanol–water partition coefficient (Wildman–Crippen LogP) is 2.59. The molecule has 0 aliphatic rings. The summed E-state index contributed by atoms with van der Waals surface area (Å²) in [5.41, 5.74) is 0.736. The third-order valence-corrected chi connectivity index (χ3v) is 2.16. The first-order chi connectivity index (χ1) is 7.19. The maximum atomic E-state index is 11.5. The van der Waals surface area contributed by atoms with E-state index in [1.165, 1.54) is 7.11 Å². The number of esters is 1. The molecule has 0 heterocycles. The van der Waals surface area contributed by atoms with Crippen molar-refractivity contribution in [2.24, 2.45) is 0 Å². The summed E-state index contributed by atoms with van der Waals surface area (Å²) in [7, 11) is 1.47. The lowest BCUT2D eigenvalue weighted by Crippen LogP contribution is -2.17. The van der Waals surface area contributed by atoms with E-state index in [0.717, 1.165) is 5.56 Å². The Morgan fingerprint density at radius 2 is 2.00 bits per heavy atom. The van der Waals surface area contributed by atoms with Crippen LogP contribution in [0.15, 0.2) is 24.3 Å². The molecule has 1 rings (SSSR count). The first-order valence-electron chi connectivity index (χ1n) is 4.64. The van der Waals surface area contributed by atoms with Crippen molar-refractivity contribution in [3.05, 3.63) is 34.9 Å². The van der Waals surface area contributed by atoms with Crippen molar-refractivity contribution in [1.82, 2.24) is 0 Å². The van der Waals surface area contributed by atoms with Gasteiger partial charge < -0.3 is 9.47 Å². The lowest BCUT2D eigenvalue weighted by Gasteiger charge is -2.13. The number of carbonyl (C=O) groups is 1. The quantitative estimate of drug-likeness (QED) is 0.743. The van der Waals surface area contributed by atoms with Crippen LogP contribution in [-0.2, 0) is 14.3 Å². The Morgan fingerprint density at radius 3 is 2.47 bits per heavy atom. The van der Waals surface area contributed by atoms with Gasteiger partial charge in [-0.05, 0) is 24.6 Å². The fourth-order valence-electron chi connectivity index (χ4n) is 1.22. The summed E-state index contributed by atoms with van der Waals surface area (Å²) in [5.74, 6) is -0.387. The molecule has 0 N–H and O–H groups in total. The Labute approximate surface area is 93.9 Å². The van der Waals surface area contributed by atoms with E-state index >= 15 is 0 Å². The molecule has 0 spiro atoms. The molecule has 0 aromatic heterocycles. The maximum absolute atomic E-state index is 11.5. The van der Waals surface area contributed by atoms with Gasteiger partial charge in [-0.25, -0.2) is 4.79 Å². The van der Waals surface area contributed by atoms with Crippen LogP contribution >= 0.6 is 11.6 Å². The monoisotopic (exact) mass is 228 g/mol. The fraction of sp³-hybridized carbons (Fsp3) is 0.364. The van der Waals surface area contributed by atoms with Gasteiger partial charge in [0, 0.05) is 12.1 Å². The number of rotatable bonds is 4. The number of benzene rings is 1. The number of ether oxygens (including phenoxy) is 2. The van der Waals surface area contributed by atoms with E-state index in [9.17, 15) is 4.79 Å². The van der Waals surface area contributed by atoms with E-state index < -0.39 is 6.10 Å². The predicted molar refractivity (Wildman–Crippen MR) is 57.8 cm³/mol. The second kappa shape index (κ2) is 5.73. The third kappa shape index (κ3) is 3.22. The summed E-state index contributed by atoms with van der Waals surface area (Å²) >= 11 is 5.74. The van der Waals surface area contributed by atoms with Crippen LogP contribution < -0.4 is 0 Å². The first kappa shape index (κ1) is 12.0. The summed E-state index contributed by atoms with van der Waals surface area (Å²) < 4.78 is 9.96. The van der Waals surface area contributed by atoms with Gasteiger partial charge in [0.05, 0.1) is 6.61 Å². The molecule has 0 fully saturated rings. The summed E-state index contributed by atoms with van der Waals surface area (Å²) in [5, 5.41) is 0.623. The van der Waals surface area contributed by atoms with Crippen molar-refractivity contribution < 1.29 is 14.3 Å². The molecule has 1 atom stereocenters. The molecule has 82 valence electrons. The number of hydrogen-bond acceptors (Lipinski definition) is 3. The molecule has 4 heteroatoms. The normalized spacial score (nSPS) is 12.2. The van der Waals surface area contributed by atoms with Gasteiger partial charge in [-0.2, -0.15) is 0 Å². The van der Waals surface area contributed by atoms with Crippen LogP contribution in [0.1, 0.15) is 18.6 Å². The fourth-order valence-corrected chi connectivity index (χ4v) is 1.35. The highest BCUT2D eigenvalue weighted by Crippen LogP contribution is 2.20. The van der Waals surface area contributed by atoms with E-state index in [2.05, 4.69) is 0 Å². The van der Waals surface area contributed by atoms with Crippen LogP contribution in [0.3, 0.4) is 0 Å². The van der Waals surface area contributed by atoms with Crippen LogP contribution in [-0.4, -0.2) is 19.7 Å². The maximum Gasteiger partial charge on any atom is 0.339 e. The molecule has 0 amide bonds. The van der Waals surface area contributed by atoms with E-state index in [4.69, 9.17) is 21.1 Å². The van der Waals surface area contributed by atoms with Crippen LogP contribution in [0.4, 0.5) is 0 Å². The van der Waals surface area contributed by atoms with Crippen LogP contribution in [0.5, 0.6) is 0 Å². The minimum absolute atomic E-state index is 0.340. The summed E-state index contributed by atoms with van der Waals surface area (Å²) in [6, 6.07) is 6.91. The van der Waals surface area contributed by atoms with Gasteiger partial charge in [0.25, 0.3) is 0 Å². The van der Waals surface area contributed by atoms with Crippen LogP contribution in [0, 0.1) is 0 Å². The number of carbonyl (C=O) groups excluding carboxylic acids is 1. The third-order valence-electron chi connectivity index (χ3n) is 1.91. The lowest BCUT2D eigenvalue weighted by atomic mass is 10.1. The Bertz CT molecular complexity index is 321. The van der Waals surface area contributed by atoms with Crippen molar-refractivity contribution in [3.63, 3.8) is 0 Å². The molecule has 15 heavy (non-hydrogen) atoms. The molecule has 0 saturated carbocycles. The topological polar surface area (TPSA) is 35.5 Å². The molecule has 0 bridgehead atoms. The zero-order valence-corrected chi connectivity index (χ0v) is 9.45. The molecule has 0 radical (unpaired) electrons. The highest BCUT2D eigenvalue weighted by Gasteiger charge is 2.20. The molecular weight excluding hydrogens is 216 g/mol. The Kier molecular flexibility index (Phi) is 4.59. The van der Waals surface area contributed by atoms with Crippen molar-refractivity contribution in [2.75, 3.05) is 13.7 Å². The Balaban J connectivity index is 2.82. The van der Waals surface area contributed by atoms with Crippen molar-refractivity contribution in [2.45, 2.75) is 13.0 Å². The van der Waals surface area contributed by atoms with Gasteiger partial charge in [0.2, 0.25) is 0 Å². The highest BCUT2D eigenvalue weighted by atomic mass is 35.5. The Hall–Kier alpha value is -1.06. The van der Waals surface area contributed by atoms with Crippen molar-refractivity contribution in [3.8, 4) is 0 Å². The second-order valence-electron chi connectivity index (χ2n) is 2.92. The molecule has 0 saturated heterocycles. The zero-order chi connectivity index (χ0) is 11.3. The van der Waals surface area contributed by atoms with Crippen molar-refractivity contribution >= 4 is 17.6 Å². The van der Waals surface area contributed by atoms with E-state index in [1.807, 2.05) is 0 Å². The lowest BCUT2D eigenvalue weighted by molar-refractivity contribution is -0.155. The minimum Gasteiger partial charge on any atom is -0.464 e. The molecule has 1 aromatic carbocycles. The molecule has 3 nitrogen and oxygen atoms in total. The first-order valence-corrected chi connectivity index (χ1v) is 5.01. The van der Waals surface area contributed by atoms with Crippen molar-refractivity contribution in [1.29, 1.82) is 0 Å². The summed E-state index contributed by atoms with van der Waals surface area (Å²) in [6.07, 6.45) is -0.679. The molecule has 1 unspecified atom stereocenters. The summed E-state index contributed by atoms with van der Waals surface area (Å²) in [4.78, 5) is 11.5. The largest absolute Gasteiger partial charge is 0.464 e. The zero-order valence-electron chi connectivity index (χ0n) is 8.70. The standard InChI is InChI=1S/C11H13ClO3/c1-3-15-11(13)10(14-2)8-4-6-9(12)7-5-8/h4-7,10H,3H2,1-2H3. The van der Waals surface area contributed by atoms with Gasteiger partial charge in [0.15, 0.2) is 6.10 Å². The second-order valence-corrected chi connectivity index (χ2v) is 3.36. The van der Waals surface area contributed by atoms with E-state index in [1.54, 1.807) is 31.2 Å². The molecule has 0 aliphatic carbocycles. The van der Waals surface area contributed by atoms with E-state index in [-0.39, 0.29) is 5.97 Å². The Morgan fingerprint density at radius 1 is 1.40 bits per heavy atom. The smallest absolute Gasteiger partial charge is 0.339 e. The van der Waals surface area contributed by atoms with Gasteiger partial charge in [-0.15, -0.1) is 0 Å².